The molecule has 0 saturated carbocycles. The van der Waals surface area contributed by atoms with Gasteiger partial charge in [-0.05, 0) is 47.0 Å². The van der Waals surface area contributed by atoms with Crippen LogP contribution in [0.5, 0.6) is 0 Å². The van der Waals surface area contributed by atoms with Crippen LogP contribution in [0, 0.1) is 0 Å². The van der Waals surface area contributed by atoms with E-state index in [1.165, 1.54) is 0 Å². The molecule has 0 saturated heterocycles. The number of benzene rings is 2. The van der Waals surface area contributed by atoms with Gasteiger partial charge in [-0.2, -0.15) is 52.7 Å². The van der Waals surface area contributed by atoms with E-state index in [0.717, 1.165) is 0 Å². The van der Waals surface area contributed by atoms with E-state index in [4.69, 9.17) is 0 Å². The average molecular weight is 710 g/mol. The molecule has 0 heterocycles. The summed E-state index contributed by atoms with van der Waals surface area (Å²) in [5.74, 6) is 0. The molecule has 0 aliphatic carbocycles. The van der Waals surface area contributed by atoms with Crippen LogP contribution in [0.3, 0.4) is 0 Å². The molecule has 0 aliphatic rings. The van der Waals surface area contributed by atoms with Crippen LogP contribution >= 0.6 is 8.58 Å². The topological polar surface area (TPSA) is 0 Å². The maximum atomic E-state index is 12.9. The van der Waals surface area contributed by atoms with Crippen molar-refractivity contribution in [1.29, 1.82) is 0 Å². The first-order valence-corrected chi connectivity index (χ1v) is 8.23. The van der Waals surface area contributed by atoms with Gasteiger partial charge in [0.1, 0.15) is 0 Å². The molecule has 1 radical (unpaired) electrons. The van der Waals surface area contributed by atoms with Gasteiger partial charge in [-0.15, -0.1) is 0 Å². The minimum atomic E-state index is -5.20. The number of rotatable bonds is 2. The van der Waals surface area contributed by atoms with Gasteiger partial charge < -0.3 is 0 Å². The Morgan fingerprint density at radius 1 is 0.400 bits per heavy atom. The molecule has 2 rings (SSSR count). The summed E-state index contributed by atoms with van der Waals surface area (Å²) in [7, 11) is -1.32. The summed E-state index contributed by atoms with van der Waals surface area (Å²) in [6.07, 6.45) is -20.8. The number of hydrogen-bond acceptors (Lipinski definition) is 0. The third-order valence-electron chi connectivity index (χ3n) is 3.46. The minimum Gasteiger partial charge on any atom is -0.166 e. The molecule has 2 aromatic carbocycles. The summed E-state index contributed by atoms with van der Waals surface area (Å²) in [6, 6.07) is 0.618. The maximum Gasteiger partial charge on any atom is 0.416 e. The normalized spacial score (nSPS) is 13.2. The summed E-state index contributed by atoms with van der Waals surface area (Å²) in [4.78, 5) is 0. The molecule has 14 heteroatoms. The van der Waals surface area contributed by atoms with E-state index in [1.807, 2.05) is 0 Å². The Kier molecular flexibility index (Phi) is 6.43. The molecule has 0 bridgehead atoms. The van der Waals surface area contributed by atoms with Crippen LogP contribution < -0.4 is 10.6 Å². The van der Waals surface area contributed by atoms with Crippen molar-refractivity contribution in [2.24, 2.45) is 0 Å². The fourth-order valence-electron chi connectivity index (χ4n) is 2.22. The Morgan fingerprint density at radius 2 is 0.600 bits per heavy atom. The second-order valence-electron chi connectivity index (χ2n) is 5.71. The fourth-order valence-corrected chi connectivity index (χ4v) is 3.46. The van der Waals surface area contributed by atoms with Crippen molar-refractivity contribution in [3.8, 4) is 0 Å². The van der Waals surface area contributed by atoms with Gasteiger partial charge in [0.25, 0.3) is 0 Å². The van der Waals surface area contributed by atoms with E-state index in [1.54, 1.807) is 0 Å². The fraction of sp³-hybridized carbons (Fsp3) is 0.250. The summed E-state index contributed by atoms with van der Waals surface area (Å²) >= 11 is 0. The van der Waals surface area contributed by atoms with E-state index in [2.05, 4.69) is 0 Å². The van der Waals surface area contributed by atoms with Crippen LogP contribution in [0.2, 0.25) is 0 Å². The monoisotopic (exact) mass is 710 g/mol. The van der Waals surface area contributed by atoms with Gasteiger partial charge in [0.15, 0.2) is 0 Å². The van der Waals surface area contributed by atoms with Crippen molar-refractivity contribution in [2.75, 3.05) is 0 Å². The zero-order valence-corrected chi connectivity index (χ0v) is 17.3. The summed E-state index contributed by atoms with van der Waals surface area (Å²) < 4.78 is 154. The molecular formula is C16H7EsF12P. The molecule has 0 fully saturated rings. The smallest absolute Gasteiger partial charge is 0.166 e. The summed E-state index contributed by atoms with van der Waals surface area (Å²) in [5, 5.41) is -1.45. The second-order valence-corrected chi connectivity index (χ2v) is 7.12. The van der Waals surface area contributed by atoms with Crippen LogP contribution in [-0.2, 0) is 24.7 Å². The number of halogens is 12. The van der Waals surface area contributed by atoms with Gasteiger partial charge in [-0.25, -0.2) is 0 Å². The Hall–Kier alpha value is -2.97. The third-order valence-corrected chi connectivity index (χ3v) is 4.62. The molecule has 0 aromatic heterocycles. The van der Waals surface area contributed by atoms with Gasteiger partial charge in [0, 0.05) is 0 Å². The maximum absolute atomic E-state index is 12.9. The number of alkyl halides is 12. The molecule has 0 unspecified atom stereocenters. The van der Waals surface area contributed by atoms with Crippen molar-refractivity contribution in [1.82, 2.24) is 0 Å². The quantitative estimate of drug-likeness (QED) is 0.251. The Balaban J connectivity index is 0.00000450. The van der Waals surface area contributed by atoms with Crippen molar-refractivity contribution < 1.29 is 52.7 Å². The molecule has 0 spiro atoms. The van der Waals surface area contributed by atoms with Crippen LogP contribution in [0.4, 0.5) is 52.7 Å². The van der Waals surface area contributed by atoms with Crippen LogP contribution in [-0.4, -0.2) is 0 Å². The third kappa shape index (κ3) is 6.01. The van der Waals surface area contributed by atoms with E-state index in [0.29, 0.717) is 0 Å². The molecule has 171 valence electrons. The van der Waals surface area contributed by atoms with Gasteiger partial charge in [0.2, 0.25) is 0 Å². The zero-order valence-electron chi connectivity index (χ0n) is 13.8. The van der Waals surface area contributed by atoms with Gasteiger partial charge >= 0.3 is 24.7 Å². The van der Waals surface area contributed by atoms with Crippen molar-refractivity contribution in [3.05, 3.63) is 58.7 Å². The molecule has 0 atom stereocenters. The van der Waals surface area contributed by atoms with Crippen molar-refractivity contribution >= 4 is 19.2 Å². The first-order valence-electron chi connectivity index (χ1n) is 7.23. The Labute approximate surface area is 156 Å². The molecule has 2 aromatic rings. The van der Waals surface area contributed by atoms with Crippen LogP contribution in [0.25, 0.3) is 0 Å². The molecule has 30 heavy (non-hydrogen) atoms. The Bertz CT molecular complexity index is 755. The van der Waals surface area contributed by atoms with Crippen molar-refractivity contribution in [2.45, 2.75) is 24.7 Å². The van der Waals surface area contributed by atoms with Gasteiger partial charge in [0.05, 0.1) is 22.3 Å². The first kappa shape index (κ1) is 25.1. The number of hydrogen-bond donors (Lipinski definition) is 0. The summed E-state index contributed by atoms with van der Waals surface area (Å²) in [6.45, 7) is 0. The van der Waals surface area contributed by atoms with Gasteiger partial charge in [-0.3, -0.25) is 0 Å². The SMILES string of the molecule is FC(F)(F)c1cc(Pc2cc(C(F)(F)F)cc(C(F)(F)F)c2)cc(C(F)(F)F)c1.[Es]. The minimum absolute atomic E-state index is 0. The average Bonchev–Trinajstić information content (AvgIpc) is 2.51. The van der Waals surface area contributed by atoms with E-state index < -0.39 is 66.1 Å². The van der Waals surface area contributed by atoms with E-state index in [-0.39, 0.29) is 36.4 Å². The van der Waals surface area contributed by atoms with E-state index >= 15 is 0 Å². The Morgan fingerprint density at radius 3 is 0.767 bits per heavy atom. The largest absolute Gasteiger partial charge is 0.416 e. The predicted octanol–water partition coefficient (Wildman–Crippen LogP) is 6.39. The van der Waals surface area contributed by atoms with Crippen LogP contribution in [0.1, 0.15) is 22.3 Å². The molecular weight excluding hydrogens is 703 g/mol. The van der Waals surface area contributed by atoms with Crippen LogP contribution in [0.15, 0.2) is 36.4 Å². The summed E-state index contributed by atoms with van der Waals surface area (Å²) in [5.41, 5.74) is -6.90. The standard InChI is InChI=1S/C16H7F12P.Es/c17-13(18,19)7-1-8(14(20,21)22)4-11(3-7)29-12-5-9(15(23,24)25)2-10(6-12)16(26,27)28;/h1-6,29H;. The molecule has 0 aliphatic heterocycles. The molecule has 0 nitrogen and oxygen atoms in total. The first-order chi connectivity index (χ1) is 12.9. The van der Waals surface area contributed by atoms with Crippen molar-refractivity contribution in [3.63, 3.8) is 0 Å². The molecule has 0 amide bonds. The zero-order chi connectivity index (χ0) is 22.4. The van der Waals surface area contributed by atoms with Gasteiger partial charge in [-0.1, -0.05) is 8.58 Å². The predicted molar refractivity (Wildman–Crippen MR) is 80.5 cm³/mol. The van der Waals surface area contributed by atoms with E-state index in [9.17, 15) is 52.7 Å². The second kappa shape index (κ2) is 7.70. The molecule has 0 N–H and O–H groups in total.